The fourth-order valence-corrected chi connectivity index (χ4v) is 2.98. The van der Waals surface area contributed by atoms with Crippen LogP contribution in [0.4, 0.5) is 13.2 Å². The molecule has 0 aliphatic heterocycles. The van der Waals surface area contributed by atoms with Crippen molar-refractivity contribution < 1.29 is 17.9 Å². The lowest BCUT2D eigenvalue weighted by Crippen LogP contribution is -2.21. The van der Waals surface area contributed by atoms with Crippen molar-refractivity contribution in [1.29, 1.82) is 0 Å². The van der Waals surface area contributed by atoms with E-state index in [2.05, 4.69) is 24.9 Å². The first-order chi connectivity index (χ1) is 12.9. The summed E-state index contributed by atoms with van der Waals surface area (Å²) in [6.45, 7) is 0.535. The number of halogens is 3. The van der Waals surface area contributed by atoms with Gasteiger partial charge in [-0.05, 0) is 30.0 Å². The summed E-state index contributed by atoms with van der Waals surface area (Å²) in [5.41, 5.74) is 0.470. The predicted molar refractivity (Wildman–Crippen MR) is 93.2 cm³/mol. The van der Waals surface area contributed by atoms with Crippen molar-refractivity contribution in [3.63, 3.8) is 0 Å². The topological polar surface area (TPSA) is 85.7 Å². The molecule has 0 atom stereocenters. The molecule has 0 saturated carbocycles. The van der Waals surface area contributed by atoms with Gasteiger partial charge in [0, 0.05) is 6.07 Å². The molecule has 0 amide bonds. The molecule has 2 heterocycles. The number of thioether (sulfide) groups is 1. The van der Waals surface area contributed by atoms with Gasteiger partial charge in [0.05, 0.1) is 5.69 Å². The molecule has 2 aromatic heterocycles. The number of benzene rings is 1. The van der Waals surface area contributed by atoms with Gasteiger partial charge in [-0.15, -0.1) is 0 Å². The second kappa shape index (κ2) is 7.82. The lowest BCUT2D eigenvalue weighted by molar-refractivity contribution is -0.153. The molecule has 0 bridgehead atoms. The average Bonchev–Trinajstić information content (AvgIpc) is 3.15. The molecule has 0 spiro atoms. The van der Waals surface area contributed by atoms with Crippen molar-refractivity contribution in [2.24, 2.45) is 0 Å². The molecule has 11 heteroatoms. The maximum Gasteiger partial charge on any atom is 0.422 e. The summed E-state index contributed by atoms with van der Waals surface area (Å²) in [5.74, 6) is 1.09. The highest BCUT2D eigenvalue weighted by atomic mass is 32.2. The van der Waals surface area contributed by atoms with Crippen LogP contribution in [0.25, 0.3) is 17.2 Å². The van der Waals surface area contributed by atoms with Crippen LogP contribution in [0, 0.1) is 0 Å². The largest absolute Gasteiger partial charge is 0.484 e. The van der Waals surface area contributed by atoms with Gasteiger partial charge in [-0.25, -0.2) is 9.97 Å². The molecular formula is C16H14F3N5O2S. The lowest BCUT2D eigenvalue weighted by atomic mass is 10.3. The molecule has 1 N–H and O–H groups in total. The highest BCUT2D eigenvalue weighted by molar-refractivity contribution is 7.99. The van der Waals surface area contributed by atoms with Crippen LogP contribution in [0.3, 0.4) is 0 Å². The van der Waals surface area contributed by atoms with Crippen LogP contribution in [0.15, 0.2) is 46.6 Å². The number of hydrogen-bond donors (Lipinski definition) is 1. The number of H-pyrrole nitrogens is 1. The van der Waals surface area contributed by atoms with E-state index >= 15 is 0 Å². The van der Waals surface area contributed by atoms with E-state index in [1.807, 2.05) is 6.92 Å². The second-order valence-corrected chi connectivity index (χ2v) is 6.49. The van der Waals surface area contributed by atoms with Gasteiger partial charge in [0.1, 0.15) is 17.8 Å². The van der Waals surface area contributed by atoms with E-state index in [0.29, 0.717) is 28.1 Å². The van der Waals surface area contributed by atoms with Crippen LogP contribution >= 0.6 is 11.8 Å². The van der Waals surface area contributed by atoms with Gasteiger partial charge >= 0.3 is 6.18 Å². The Kier molecular flexibility index (Phi) is 5.49. The zero-order valence-electron chi connectivity index (χ0n) is 14.0. The smallest absolute Gasteiger partial charge is 0.422 e. The zero-order valence-corrected chi connectivity index (χ0v) is 14.8. The summed E-state index contributed by atoms with van der Waals surface area (Å²) in [4.78, 5) is 21.1. The molecule has 27 heavy (non-hydrogen) atoms. The summed E-state index contributed by atoms with van der Waals surface area (Å²) in [5, 5.41) is 6.83. The molecule has 0 unspecified atom stereocenters. The van der Waals surface area contributed by atoms with E-state index in [9.17, 15) is 18.0 Å². The van der Waals surface area contributed by atoms with Gasteiger partial charge in [-0.1, -0.05) is 18.7 Å². The zero-order chi connectivity index (χ0) is 19.4. The maximum absolute atomic E-state index is 12.6. The third-order valence-electron chi connectivity index (χ3n) is 3.32. The Morgan fingerprint density at radius 2 is 2.00 bits per heavy atom. The normalized spacial score (nSPS) is 11.6. The van der Waals surface area contributed by atoms with E-state index < -0.39 is 12.8 Å². The van der Waals surface area contributed by atoms with Crippen molar-refractivity contribution in [2.75, 3.05) is 12.4 Å². The summed E-state index contributed by atoms with van der Waals surface area (Å²) in [6.07, 6.45) is -3.10. The van der Waals surface area contributed by atoms with E-state index in [0.717, 1.165) is 0 Å². The number of aromatic amines is 1. The van der Waals surface area contributed by atoms with E-state index in [1.54, 1.807) is 0 Å². The number of alkyl halides is 3. The minimum absolute atomic E-state index is 0.0556. The van der Waals surface area contributed by atoms with Gasteiger partial charge in [0.25, 0.3) is 5.56 Å². The molecular weight excluding hydrogens is 383 g/mol. The molecule has 0 fully saturated rings. The molecule has 142 valence electrons. The van der Waals surface area contributed by atoms with E-state index in [4.69, 9.17) is 0 Å². The number of aromatic nitrogens is 5. The Morgan fingerprint density at radius 1 is 1.26 bits per heavy atom. The number of hydrogen-bond acceptors (Lipinski definition) is 6. The van der Waals surface area contributed by atoms with Crippen LogP contribution in [0.2, 0.25) is 0 Å². The van der Waals surface area contributed by atoms with Crippen LogP contribution < -0.4 is 10.3 Å². The highest BCUT2D eigenvalue weighted by Gasteiger charge is 2.28. The first kappa shape index (κ1) is 19.0. The summed E-state index contributed by atoms with van der Waals surface area (Å²) in [6, 6.07) is 7.07. The van der Waals surface area contributed by atoms with Crippen molar-refractivity contribution in [3.05, 3.63) is 47.0 Å². The third kappa shape index (κ3) is 4.67. The predicted octanol–water partition coefficient (Wildman–Crippen LogP) is 3.07. The van der Waals surface area contributed by atoms with Crippen molar-refractivity contribution in [3.8, 4) is 23.0 Å². The Balaban J connectivity index is 1.94. The summed E-state index contributed by atoms with van der Waals surface area (Å²) >= 11 is 1.35. The van der Waals surface area contributed by atoms with Crippen molar-refractivity contribution in [2.45, 2.75) is 18.3 Å². The van der Waals surface area contributed by atoms with Gasteiger partial charge in [0.15, 0.2) is 17.6 Å². The molecule has 7 nitrogen and oxygen atoms in total. The van der Waals surface area contributed by atoms with Gasteiger partial charge in [-0.2, -0.15) is 18.3 Å². The number of nitrogens with one attached hydrogen (secondary N) is 1. The number of rotatable bonds is 6. The van der Waals surface area contributed by atoms with Crippen LogP contribution in [-0.2, 0) is 0 Å². The quantitative estimate of drug-likeness (QED) is 0.508. The van der Waals surface area contributed by atoms with Crippen molar-refractivity contribution >= 4 is 11.8 Å². The molecule has 0 saturated heterocycles. The molecule has 0 aliphatic carbocycles. The third-order valence-corrected chi connectivity index (χ3v) is 4.14. The van der Waals surface area contributed by atoms with Gasteiger partial charge in [-0.3, -0.25) is 14.5 Å². The maximum atomic E-state index is 12.6. The average molecular weight is 397 g/mol. The number of ether oxygens (including phenoxy) is 1. The van der Waals surface area contributed by atoms with Crippen LogP contribution in [0.1, 0.15) is 6.92 Å². The fourth-order valence-electron chi connectivity index (χ4n) is 2.23. The Bertz CT molecular complexity index is 956. The number of nitrogens with zero attached hydrogens (tertiary/aromatic N) is 4. The lowest BCUT2D eigenvalue weighted by Gasteiger charge is -2.13. The second-order valence-electron chi connectivity index (χ2n) is 5.26. The minimum atomic E-state index is -4.42. The van der Waals surface area contributed by atoms with Crippen molar-refractivity contribution in [1.82, 2.24) is 24.7 Å². The van der Waals surface area contributed by atoms with E-state index in [1.165, 1.54) is 53.0 Å². The van der Waals surface area contributed by atoms with Crippen LogP contribution in [-0.4, -0.2) is 43.3 Å². The minimum Gasteiger partial charge on any atom is -0.484 e. The summed E-state index contributed by atoms with van der Waals surface area (Å²) < 4.78 is 42.8. The van der Waals surface area contributed by atoms with Crippen LogP contribution in [0.5, 0.6) is 5.75 Å². The van der Waals surface area contributed by atoms with E-state index in [-0.39, 0.29) is 11.3 Å². The fraction of sp³-hybridized carbons (Fsp3) is 0.250. The SMILES string of the molecule is CCSc1nc(-c2ncn[nH]2)cc(=O)n1-c1ccc(OCC(F)(F)F)cc1. The first-order valence-electron chi connectivity index (χ1n) is 7.80. The van der Waals surface area contributed by atoms with Gasteiger partial charge in [0.2, 0.25) is 0 Å². The first-order valence-corrected chi connectivity index (χ1v) is 8.78. The summed E-state index contributed by atoms with van der Waals surface area (Å²) in [7, 11) is 0. The molecule has 0 radical (unpaired) electrons. The molecule has 3 rings (SSSR count). The standard InChI is InChI=1S/C16H14F3N5O2S/c1-2-27-15-22-12(14-20-9-21-23-14)7-13(25)24(15)10-3-5-11(6-4-10)26-8-16(17,18)19/h3-7,9H,2,8H2,1H3,(H,20,21,23). The Morgan fingerprint density at radius 3 is 2.59 bits per heavy atom. The Hall–Kier alpha value is -2.82. The Labute approximate surface area is 155 Å². The van der Waals surface area contributed by atoms with Gasteiger partial charge < -0.3 is 4.74 Å². The monoisotopic (exact) mass is 397 g/mol. The molecule has 0 aliphatic rings. The molecule has 1 aromatic carbocycles. The highest BCUT2D eigenvalue weighted by Crippen LogP contribution is 2.23. The molecule has 3 aromatic rings.